The number of nitro benzene ring substituents is 1. The number of nitrogens with one attached hydrogen (secondary N) is 1. The topological polar surface area (TPSA) is 75.5 Å². The first-order valence-corrected chi connectivity index (χ1v) is 8.08. The lowest BCUT2D eigenvalue weighted by Crippen LogP contribution is -2.34. The number of hydrogen-bond acceptors (Lipinski definition) is 5. The van der Waals surface area contributed by atoms with Gasteiger partial charge >= 0.3 is 0 Å². The van der Waals surface area contributed by atoms with E-state index in [-0.39, 0.29) is 28.2 Å². The second kappa shape index (κ2) is 7.54. The molecule has 0 saturated heterocycles. The molecule has 2 rings (SSSR count). The van der Waals surface area contributed by atoms with Gasteiger partial charge in [-0.05, 0) is 37.7 Å². The molecule has 0 aliphatic rings. The lowest BCUT2D eigenvalue weighted by Gasteiger charge is -2.23. The molecule has 1 aromatic carbocycles. The molecule has 1 heterocycles. The summed E-state index contributed by atoms with van der Waals surface area (Å²) >= 11 is 7.37. The maximum absolute atomic E-state index is 12.2. The molecule has 1 aromatic heterocycles. The second-order valence-electron chi connectivity index (χ2n) is 5.13. The molecule has 0 bridgehead atoms. The normalized spacial score (nSPS) is 12.2. The van der Waals surface area contributed by atoms with Crippen molar-refractivity contribution in [1.82, 2.24) is 10.2 Å². The van der Waals surface area contributed by atoms with Crippen LogP contribution >= 0.6 is 22.9 Å². The number of carbonyl (C=O) groups is 1. The Hall–Kier alpha value is -1.96. The molecule has 122 valence electrons. The first-order valence-electron chi connectivity index (χ1n) is 6.82. The fourth-order valence-electron chi connectivity index (χ4n) is 2.10. The number of carbonyl (C=O) groups excluding carboxylic acids is 1. The van der Waals surface area contributed by atoms with Gasteiger partial charge in [-0.25, -0.2) is 0 Å². The molecule has 0 aliphatic carbocycles. The van der Waals surface area contributed by atoms with E-state index in [1.54, 1.807) is 11.3 Å². The zero-order valence-electron chi connectivity index (χ0n) is 12.7. The van der Waals surface area contributed by atoms with Gasteiger partial charge in [-0.15, -0.1) is 11.3 Å². The van der Waals surface area contributed by atoms with Crippen LogP contribution in [0.15, 0.2) is 35.7 Å². The highest BCUT2D eigenvalue weighted by atomic mass is 35.5. The standard InChI is InChI=1S/C15H16ClN3O3S/c1-18(2)13(14-4-3-7-23-14)9-17-15(20)10-5-6-11(16)12(8-10)19(21)22/h3-8,13H,9H2,1-2H3,(H,17,20). The van der Waals surface area contributed by atoms with E-state index in [9.17, 15) is 14.9 Å². The van der Waals surface area contributed by atoms with Crippen molar-refractivity contribution in [2.45, 2.75) is 6.04 Å². The van der Waals surface area contributed by atoms with Crippen molar-refractivity contribution >= 4 is 34.5 Å². The minimum Gasteiger partial charge on any atom is -0.350 e. The summed E-state index contributed by atoms with van der Waals surface area (Å²) in [5.74, 6) is -0.367. The summed E-state index contributed by atoms with van der Waals surface area (Å²) in [4.78, 5) is 25.7. The maximum Gasteiger partial charge on any atom is 0.288 e. The van der Waals surface area contributed by atoms with Crippen LogP contribution in [0.3, 0.4) is 0 Å². The lowest BCUT2D eigenvalue weighted by atomic mass is 10.1. The van der Waals surface area contributed by atoms with Crippen LogP contribution in [0.5, 0.6) is 0 Å². The van der Waals surface area contributed by atoms with Gasteiger partial charge in [0.1, 0.15) is 5.02 Å². The number of benzene rings is 1. The van der Waals surface area contributed by atoms with Gasteiger partial charge < -0.3 is 10.2 Å². The van der Waals surface area contributed by atoms with Crippen molar-refractivity contribution in [3.8, 4) is 0 Å². The number of rotatable bonds is 6. The minimum atomic E-state index is -0.604. The maximum atomic E-state index is 12.2. The fraction of sp³-hybridized carbons (Fsp3) is 0.267. The monoisotopic (exact) mass is 353 g/mol. The van der Waals surface area contributed by atoms with Crippen LogP contribution in [-0.2, 0) is 0 Å². The summed E-state index contributed by atoms with van der Waals surface area (Å²) in [7, 11) is 3.87. The largest absolute Gasteiger partial charge is 0.350 e. The van der Waals surface area contributed by atoms with E-state index in [4.69, 9.17) is 11.6 Å². The first kappa shape index (κ1) is 17.4. The fourth-order valence-corrected chi connectivity index (χ4v) is 3.21. The molecule has 23 heavy (non-hydrogen) atoms. The molecule has 2 aromatic rings. The SMILES string of the molecule is CN(C)C(CNC(=O)c1ccc(Cl)c([N+](=O)[O-])c1)c1cccs1. The van der Waals surface area contributed by atoms with Crippen LogP contribution in [0, 0.1) is 10.1 Å². The molecule has 0 aliphatic heterocycles. The van der Waals surface area contributed by atoms with Crippen LogP contribution in [-0.4, -0.2) is 36.4 Å². The molecule has 0 spiro atoms. The molecule has 6 nitrogen and oxygen atoms in total. The molecule has 0 radical (unpaired) electrons. The van der Waals surface area contributed by atoms with Gasteiger partial charge in [0.05, 0.1) is 11.0 Å². The Morgan fingerprint density at radius 3 is 2.74 bits per heavy atom. The van der Waals surface area contributed by atoms with E-state index in [1.165, 1.54) is 18.2 Å². The average molecular weight is 354 g/mol. The quantitative estimate of drug-likeness (QED) is 0.638. The van der Waals surface area contributed by atoms with Gasteiger partial charge in [-0.1, -0.05) is 17.7 Å². The number of thiophene rings is 1. The Bertz CT molecular complexity index is 704. The second-order valence-corrected chi connectivity index (χ2v) is 6.51. The van der Waals surface area contributed by atoms with Crippen LogP contribution < -0.4 is 5.32 Å². The Morgan fingerprint density at radius 1 is 1.43 bits per heavy atom. The van der Waals surface area contributed by atoms with Crippen molar-refractivity contribution in [2.24, 2.45) is 0 Å². The summed E-state index contributed by atoms with van der Waals surface area (Å²) in [5, 5.41) is 15.7. The lowest BCUT2D eigenvalue weighted by molar-refractivity contribution is -0.384. The van der Waals surface area contributed by atoms with Gasteiger partial charge in [0.15, 0.2) is 0 Å². The number of nitro groups is 1. The van der Waals surface area contributed by atoms with Crippen LogP contribution in [0.25, 0.3) is 0 Å². The third kappa shape index (κ3) is 4.28. The summed E-state index contributed by atoms with van der Waals surface area (Å²) in [6.45, 7) is 0.406. The summed E-state index contributed by atoms with van der Waals surface area (Å²) < 4.78 is 0. The molecule has 8 heteroatoms. The van der Waals surface area contributed by atoms with E-state index in [0.717, 1.165) is 4.88 Å². The summed E-state index contributed by atoms with van der Waals surface area (Å²) in [6, 6.07) is 8.03. The number of nitrogens with zero attached hydrogens (tertiary/aromatic N) is 2. The Morgan fingerprint density at radius 2 is 2.17 bits per heavy atom. The van der Waals surface area contributed by atoms with Gasteiger partial charge in [0.2, 0.25) is 0 Å². The highest BCUT2D eigenvalue weighted by Crippen LogP contribution is 2.25. The Labute approximate surface area is 142 Å². The predicted molar refractivity (Wildman–Crippen MR) is 91.2 cm³/mol. The number of amides is 1. The van der Waals surface area contributed by atoms with E-state index >= 15 is 0 Å². The van der Waals surface area contributed by atoms with E-state index in [0.29, 0.717) is 6.54 Å². The van der Waals surface area contributed by atoms with Crippen LogP contribution in [0.4, 0.5) is 5.69 Å². The molecule has 0 fully saturated rings. The van der Waals surface area contributed by atoms with Crippen molar-refractivity contribution in [2.75, 3.05) is 20.6 Å². The molecule has 1 unspecified atom stereocenters. The van der Waals surface area contributed by atoms with Crippen molar-refractivity contribution in [3.63, 3.8) is 0 Å². The zero-order chi connectivity index (χ0) is 17.0. The Balaban J connectivity index is 2.10. The summed E-state index contributed by atoms with van der Waals surface area (Å²) in [6.07, 6.45) is 0. The van der Waals surface area contributed by atoms with Gasteiger partial charge in [0, 0.05) is 23.1 Å². The van der Waals surface area contributed by atoms with E-state index in [2.05, 4.69) is 5.32 Å². The summed E-state index contributed by atoms with van der Waals surface area (Å²) in [5.41, 5.74) is -0.0634. The number of likely N-dealkylation sites (N-methyl/N-ethyl adjacent to an activating group) is 1. The first-order chi connectivity index (χ1) is 10.9. The number of hydrogen-bond donors (Lipinski definition) is 1. The van der Waals surface area contributed by atoms with Crippen LogP contribution in [0.1, 0.15) is 21.3 Å². The predicted octanol–water partition coefficient (Wildman–Crippen LogP) is 3.34. The van der Waals surface area contributed by atoms with Crippen molar-refractivity contribution < 1.29 is 9.72 Å². The smallest absolute Gasteiger partial charge is 0.288 e. The van der Waals surface area contributed by atoms with Gasteiger partial charge in [0.25, 0.3) is 11.6 Å². The van der Waals surface area contributed by atoms with E-state index < -0.39 is 4.92 Å². The molecule has 1 atom stereocenters. The average Bonchev–Trinajstić information content (AvgIpc) is 3.01. The molecular weight excluding hydrogens is 338 g/mol. The highest BCUT2D eigenvalue weighted by Gasteiger charge is 2.19. The third-order valence-electron chi connectivity index (χ3n) is 3.36. The minimum absolute atomic E-state index is 0.0105. The third-order valence-corrected chi connectivity index (χ3v) is 4.65. The van der Waals surface area contributed by atoms with Crippen LogP contribution in [0.2, 0.25) is 5.02 Å². The molecule has 1 N–H and O–H groups in total. The Kier molecular flexibility index (Phi) is 5.70. The number of halogens is 1. The van der Waals surface area contributed by atoms with Gasteiger partial charge in [-0.2, -0.15) is 0 Å². The highest BCUT2D eigenvalue weighted by molar-refractivity contribution is 7.10. The van der Waals surface area contributed by atoms with Crippen molar-refractivity contribution in [3.05, 3.63) is 61.3 Å². The molecule has 1 amide bonds. The van der Waals surface area contributed by atoms with Gasteiger partial charge in [-0.3, -0.25) is 14.9 Å². The molecular formula is C15H16ClN3O3S. The molecule has 0 saturated carbocycles. The van der Waals surface area contributed by atoms with E-state index in [1.807, 2.05) is 36.5 Å². The van der Waals surface area contributed by atoms with Crippen molar-refractivity contribution in [1.29, 1.82) is 0 Å². The zero-order valence-corrected chi connectivity index (χ0v) is 14.2.